The van der Waals surface area contributed by atoms with Gasteiger partial charge in [-0.05, 0) is 85.8 Å². The van der Waals surface area contributed by atoms with Gasteiger partial charge >= 0.3 is 0 Å². The lowest BCUT2D eigenvalue weighted by atomic mass is 9.54. The number of carbonyl (C=O) groups is 1. The Bertz CT molecular complexity index is 599. The van der Waals surface area contributed by atoms with E-state index in [0.29, 0.717) is 24.0 Å². The smallest absolute Gasteiger partial charge is 0.156 e. The van der Waals surface area contributed by atoms with E-state index in [1.165, 1.54) is 24.0 Å². The summed E-state index contributed by atoms with van der Waals surface area (Å²) in [6.07, 6.45) is 12.4. The Balaban J connectivity index is 1.70. The lowest BCUT2D eigenvalue weighted by Crippen LogP contribution is -2.49. The number of fused-ring (bicyclic) bond motifs is 4. The molecule has 23 heavy (non-hydrogen) atoms. The number of hydrogen-bond donors (Lipinski definition) is 1. The summed E-state index contributed by atoms with van der Waals surface area (Å²) in [5, 5.41) is 11.3. The standard InChI is InChI=1S/C21H30O2/c1-3-10-21(23)12-9-19-18-6-4-14-13-15(22)5-7-16(14)17(18)8-11-20(19,21)2/h13,18-19,23H,3-12H2,1-2H3/t18?,19?,20?,21-/m0/s1. The number of rotatable bonds is 2. The molecule has 4 rings (SSSR count). The van der Waals surface area contributed by atoms with Gasteiger partial charge in [0.1, 0.15) is 0 Å². The molecule has 2 saturated carbocycles. The van der Waals surface area contributed by atoms with Crippen LogP contribution in [0.5, 0.6) is 0 Å². The van der Waals surface area contributed by atoms with Crippen molar-refractivity contribution in [1.29, 1.82) is 0 Å². The van der Waals surface area contributed by atoms with Crippen molar-refractivity contribution in [2.45, 2.75) is 83.7 Å². The van der Waals surface area contributed by atoms with Crippen LogP contribution in [0.2, 0.25) is 0 Å². The van der Waals surface area contributed by atoms with Crippen LogP contribution in [0.3, 0.4) is 0 Å². The minimum Gasteiger partial charge on any atom is -0.389 e. The molecule has 0 aromatic carbocycles. The molecule has 4 aliphatic rings. The van der Waals surface area contributed by atoms with Crippen LogP contribution in [-0.2, 0) is 4.79 Å². The Morgan fingerprint density at radius 2 is 2.00 bits per heavy atom. The normalized spacial score (nSPS) is 42.9. The Morgan fingerprint density at radius 1 is 1.17 bits per heavy atom. The Kier molecular flexibility index (Phi) is 3.61. The topological polar surface area (TPSA) is 37.3 Å². The second-order valence-corrected chi connectivity index (χ2v) is 8.63. The minimum absolute atomic E-state index is 0.101. The molecule has 1 N–H and O–H groups in total. The molecule has 0 radical (unpaired) electrons. The molecule has 2 heteroatoms. The monoisotopic (exact) mass is 314 g/mol. The summed E-state index contributed by atoms with van der Waals surface area (Å²) in [5.74, 6) is 1.64. The second kappa shape index (κ2) is 5.31. The van der Waals surface area contributed by atoms with Crippen molar-refractivity contribution in [2.24, 2.45) is 17.3 Å². The first kappa shape index (κ1) is 15.6. The summed E-state index contributed by atoms with van der Waals surface area (Å²) in [6, 6.07) is 0. The first-order chi connectivity index (χ1) is 11.0. The van der Waals surface area contributed by atoms with Gasteiger partial charge < -0.3 is 5.11 Å². The summed E-state index contributed by atoms with van der Waals surface area (Å²) < 4.78 is 0. The fourth-order valence-corrected chi connectivity index (χ4v) is 6.47. The van der Waals surface area contributed by atoms with Crippen molar-refractivity contribution < 1.29 is 9.90 Å². The Morgan fingerprint density at radius 3 is 2.78 bits per heavy atom. The van der Waals surface area contributed by atoms with Crippen molar-refractivity contribution >= 4 is 5.78 Å². The maximum absolute atomic E-state index is 11.7. The van der Waals surface area contributed by atoms with Crippen LogP contribution in [0.4, 0.5) is 0 Å². The van der Waals surface area contributed by atoms with Gasteiger partial charge in [0, 0.05) is 6.42 Å². The molecule has 4 aliphatic carbocycles. The predicted molar refractivity (Wildman–Crippen MR) is 92.0 cm³/mol. The first-order valence-electron chi connectivity index (χ1n) is 9.66. The highest BCUT2D eigenvalue weighted by atomic mass is 16.3. The molecule has 3 unspecified atom stereocenters. The summed E-state index contributed by atoms with van der Waals surface area (Å²) in [6.45, 7) is 4.57. The van der Waals surface area contributed by atoms with E-state index in [2.05, 4.69) is 13.8 Å². The molecular formula is C21H30O2. The van der Waals surface area contributed by atoms with Crippen molar-refractivity contribution in [3.8, 4) is 0 Å². The molecule has 2 fully saturated rings. The molecule has 2 nitrogen and oxygen atoms in total. The lowest BCUT2D eigenvalue weighted by Gasteiger charge is -2.52. The van der Waals surface area contributed by atoms with Gasteiger partial charge in [0.15, 0.2) is 5.78 Å². The summed E-state index contributed by atoms with van der Waals surface area (Å²) >= 11 is 0. The molecule has 0 heterocycles. The van der Waals surface area contributed by atoms with Gasteiger partial charge in [-0.2, -0.15) is 0 Å². The van der Waals surface area contributed by atoms with E-state index in [-0.39, 0.29) is 5.41 Å². The number of hydrogen-bond acceptors (Lipinski definition) is 2. The molecule has 0 spiro atoms. The van der Waals surface area contributed by atoms with E-state index >= 15 is 0 Å². The summed E-state index contributed by atoms with van der Waals surface area (Å²) in [5.41, 5.74) is 4.20. The van der Waals surface area contributed by atoms with Gasteiger partial charge in [-0.25, -0.2) is 0 Å². The molecule has 0 aliphatic heterocycles. The van der Waals surface area contributed by atoms with Gasteiger partial charge in [0.2, 0.25) is 0 Å². The molecule has 4 atom stereocenters. The number of allylic oxidation sites excluding steroid dienone is 4. The molecule has 0 amide bonds. The first-order valence-corrected chi connectivity index (χ1v) is 9.66. The third kappa shape index (κ3) is 2.13. The maximum atomic E-state index is 11.7. The summed E-state index contributed by atoms with van der Waals surface area (Å²) in [7, 11) is 0. The molecular weight excluding hydrogens is 284 g/mol. The van der Waals surface area contributed by atoms with Crippen molar-refractivity contribution in [2.75, 3.05) is 0 Å². The fourth-order valence-electron chi connectivity index (χ4n) is 6.47. The predicted octanol–water partition coefficient (Wildman–Crippen LogP) is 4.72. The highest BCUT2D eigenvalue weighted by molar-refractivity contribution is 5.93. The third-order valence-corrected chi connectivity index (χ3v) is 7.72. The number of ketones is 1. The zero-order valence-electron chi connectivity index (χ0n) is 14.7. The van der Waals surface area contributed by atoms with Crippen LogP contribution in [0, 0.1) is 17.3 Å². The van der Waals surface area contributed by atoms with E-state index in [4.69, 9.17) is 0 Å². The lowest BCUT2D eigenvalue weighted by molar-refractivity contribution is -0.114. The van der Waals surface area contributed by atoms with Gasteiger partial charge in [-0.3, -0.25) is 4.79 Å². The van der Waals surface area contributed by atoms with E-state index in [9.17, 15) is 9.90 Å². The van der Waals surface area contributed by atoms with E-state index in [1.807, 2.05) is 6.08 Å². The fraction of sp³-hybridized carbons (Fsp3) is 0.762. The highest BCUT2D eigenvalue weighted by Gasteiger charge is 2.60. The van der Waals surface area contributed by atoms with Gasteiger partial charge in [0.05, 0.1) is 5.60 Å². The van der Waals surface area contributed by atoms with E-state index < -0.39 is 5.60 Å². The van der Waals surface area contributed by atoms with Crippen molar-refractivity contribution in [1.82, 2.24) is 0 Å². The van der Waals surface area contributed by atoms with E-state index in [1.54, 1.807) is 5.57 Å². The van der Waals surface area contributed by atoms with E-state index in [0.717, 1.165) is 44.9 Å². The van der Waals surface area contributed by atoms with Crippen LogP contribution in [0.1, 0.15) is 78.1 Å². The van der Waals surface area contributed by atoms with Crippen LogP contribution in [-0.4, -0.2) is 16.5 Å². The highest BCUT2D eigenvalue weighted by Crippen LogP contribution is 2.64. The van der Waals surface area contributed by atoms with Crippen LogP contribution in [0.15, 0.2) is 22.8 Å². The SMILES string of the molecule is CCC[C@]1(O)CCC2C3CCC4=CC(=O)CCC4=C3CCC21C. The number of aliphatic hydroxyl groups is 1. The largest absolute Gasteiger partial charge is 0.389 e. The molecule has 0 aromatic rings. The third-order valence-electron chi connectivity index (χ3n) is 7.72. The van der Waals surface area contributed by atoms with Crippen LogP contribution in [0.25, 0.3) is 0 Å². The van der Waals surface area contributed by atoms with Crippen LogP contribution < -0.4 is 0 Å². The quantitative estimate of drug-likeness (QED) is 0.800. The summed E-state index contributed by atoms with van der Waals surface area (Å²) in [4.78, 5) is 11.7. The molecule has 0 bridgehead atoms. The molecule has 0 aromatic heterocycles. The van der Waals surface area contributed by atoms with Gasteiger partial charge in [0.25, 0.3) is 0 Å². The number of carbonyl (C=O) groups excluding carboxylic acids is 1. The molecule has 126 valence electrons. The average molecular weight is 314 g/mol. The second-order valence-electron chi connectivity index (χ2n) is 8.63. The van der Waals surface area contributed by atoms with Crippen molar-refractivity contribution in [3.63, 3.8) is 0 Å². The Labute approximate surface area is 140 Å². The zero-order valence-corrected chi connectivity index (χ0v) is 14.7. The average Bonchev–Trinajstić information content (AvgIpc) is 2.79. The van der Waals surface area contributed by atoms with Gasteiger partial charge in [-0.1, -0.05) is 25.8 Å². The van der Waals surface area contributed by atoms with Crippen molar-refractivity contribution in [3.05, 3.63) is 22.8 Å². The zero-order chi connectivity index (χ0) is 16.2. The molecule has 0 saturated heterocycles. The minimum atomic E-state index is -0.443. The van der Waals surface area contributed by atoms with Gasteiger partial charge in [-0.15, -0.1) is 0 Å². The van der Waals surface area contributed by atoms with Crippen LogP contribution >= 0.6 is 0 Å². The Hall–Kier alpha value is -0.890. The maximum Gasteiger partial charge on any atom is 0.156 e.